The molecular formula is C14H15N5O. The van der Waals surface area contributed by atoms with Crippen LogP contribution in [0, 0.1) is 0 Å². The molecule has 3 rings (SSSR count). The van der Waals surface area contributed by atoms with Gasteiger partial charge in [0.1, 0.15) is 5.82 Å². The zero-order valence-corrected chi connectivity index (χ0v) is 10.8. The molecule has 6 heteroatoms. The summed E-state index contributed by atoms with van der Waals surface area (Å²) >= 11 is 0. The molecule has 2 amide bonds. The van der Waals surface area contributed by atoms with Crippen molar-refractivity contribution in [2.75, 3.05) is 16.0 Å². The van der Waals surface area contributed by atoms with E-state index >= 15 is 0 Å². The van der Waals surface area contributed by atoms with Crippen molar-refractivity contribution in [3.8, 4) is 0 Å². The van der Waals surface area contributed by atoms with Crippen LogP contribution in [0.1, 0.15) is 12.8 Å². The van der Waals surface area contributed by atoms with E-state index in [4.69, 9.17) is 0 Å². The van der Waals surface area contributed by atoms with E-state index in [2.05, 4.69) is 26.1 Å². The molecule has 6 nitrogen and oxygen atoms in total. The van der Waals surface area contributed by atoms with Crippen molar-refractivity contribution in [2.45, 2.75) is 18.9 Å². The number of nitrogens with one attached hydrogen (secondary N) is 3. The molecule has 0 bridgehead atoms. The van der Waals surface area contributed by atoms with Gasteiger partial charge in [-0.15, -0.1) is 10.2 Å². The minimum atomic E-state index is -0.339. The molecule has 1 aliphatic rings. The summed E-state index contributed by atoms with van der Waals surface area (Å²) < 4.78 is 0. The van der Waals surface area contributed by atoms with Crippen LogP contribution < -0.4 is 16.0 Å². The Morgan fingerprint density at radius 3 is 2.30 bits per heavy atom. The highest BCUT2D eigenvalue weighted by atomic mass is 16.2. The van der Waals surface area contributed by atoms with Gasteiger partial charge in [0, 0.05) is 11.7 Å². The lowest BCUT2D eigenvalue weighted by atomic mass is 10.3. The Balaban J connectivity index is 1.55. The maximum Gasteiger partial charge on any atom is 0.324 e. The number of hydrogen-bond donors (Lipinski definition) is 3. The van der Waals surface area contributed by atoms with E-state index in [9.17, 15) is 4.79 Å². The first-order valence-corrected chi connectivity index (χ1v) is 6.53. The monoisotopic (exact) mass is 269 g/mol. The molecular weight excluding hydrogens is 254 g/mol. The van der Waals surface area contributed by atoms with Crippen LogP contribution in [0.15, 0.2) is 42.5 Å². The summed E-state index contributed by atoms with van der Waals surface area (Å²) in [6.45, 7) is 0. The van der Waals surface area contributed by atoms with Crippen LogP contribution in [0.3, 0.4) is 0 Å². The Morgan fingerprint density at radius 2 is 1.65 bits per heavy atom. The molecule has 20 heavy (non-hydrogen) atoms. The van der Waals surface area contributed by atoms with Crippen LogP contribution in [-0.4, -0.2) is 22.3 Å². The van der Waals surface area contributed by atoms with Gasteiger partial charge in [-0.3, -0.25) is 5.32 Å². The van der Waals surface area contributed by atoms with Gasteiger partial charge in [0.25, 0.3) is 0 Å². The van der Waals surface area contributed by atoms with Gasteiger partial charge < -0.3 is 10.6 Å². The highest BCUT2D eigenvalue weighted by Crippen LogP contribution is 2.23. The summed E-state index contributed by atoms with van der Waals surface area (Å²) in [6, 6.07) is 13.0. The van der Waals surface area contributed by atoms with E-state index < -0.39 is 0 Å². The quantitative estimate of drug-likeness (QED) is 0.797. The minimum absolute atomic E-state index is 0.339. The van der Waals surface area contributed by atoms with Gasteiger partial charge in [0.15, 0.2) is 5.82 Å². The third-order valence-electron chi connectivity index (χ3n) is 2.87. The number of carbonyl (C=O) groups is 1. The number of aromatic nitrogens is 2. The Bertz CT molecular complexity index is 580. The van der Waals surface area contributed by atoms with Crippen molar-refractivity contribution in [1.29, 1.82) is 0 Å². The fourth-order valence-corrected chi connectivity index (χ4v) is 1.71. The van der Waals surface area contributed by atoms with Gasteiger partial charge in [-0.1, -0.05) is 18.2 Å². The molecule has 1 aromatic heterocycles. The Hall–Kier alpha value is -2.63. The summed E-state index contributed by atoms with van der Waals surface area (Å²) in [4.78, 5) is 11.7. The second kappa shape index (κ2) is 5.56. The Morgan fingerprint density at radius 1 is 0.950 bits per heavy atom. The van der Waals surface area contributed by atoms with Gasteiger partial charge in [0.2, 0.25) is 0 Å². The topological polar surface area (TPSA) is 78.9 Å². The summed E-state index contributed by atoms with van der Waals surface area (Å²) in [5.41, 5.74) is 0.727. The van der Waals surface area contributed by atoms with E-state index in [0.717, 1.165) is 11.5 Å². The number of amides is 2. The molecule has 0 atom stereocenters. The summed E-state index contributed by atoms with van der Waals surface area (Å²) in [7, 11) is 0. The molecule has 3 N–H and O–H groups in total. The fourth-order valence-electron chi connectivity index (χ4n) is 1.71. The zero-order chi connectivity index (χ0) is 13.8. The van der Waals surface area contributed by atoms with E-state index in [0.29, 0.717) is 11.9 Å². The van der Waals surface area contributed by atoms with Crippen molar-refractivity contribution >= 4 is 23.4 Å². The van der Waals surface area contributed by atoms with Crippen molar-refractivity contribution in [1.82, 2.24) is 10.2 Å². The van der Waals surface area contributed by atoms with Crippen LogP contribution in [0.25, 0.3) is 0 Å². The van der Waals surface area contributed by atoms with Crippen LogP contribution >= 0.6 is 0 Å². The van der Waals surface area contributed by atoms with Crippen LogP contribution in [-0.2, 0) is 0 Å². The van der Waals surface area contributed by atoms with Gasteiger partial charge >= 0.3 is 6.03 Å². The van der Waals surface area contributed by atoms with E-state index in [-0.39, 0.29) is 6.03 Å². The molecule has 1 aromatic carbocycles. The SMILES string of the molecule is O=C(Nc1ccccc1)Nc1ccc(NC2CC2)nn1. The third kappa shape index (κ3) is 3.44. The molecule has 1 fully saturated rings. The maximum atomic E-state index is 11.7. The first-order chi connectivity index (χ1) is 9.79. The molecule has 0 saturated heterocycles. The van der Waals surface area contributed by atoms with E-state index in [1.807, 2.05) is 36.4 Å². The van der Waals surface area contributed by atoms with Gasteiger partial charge in [-0.2, -0.15) is 0 Å². The van der Waals surface area contributed by atoms with Gasteiger partial charge in [-0.05, 0) is 37.1 Å². The second-order valence-electron chi connectivity index (χ2n) is 4.67. The molecule has 102 valence electrons. The molecule has 0 aliphatic heterocycles. The number of rotatable bonds is 4. The Labute approximate surface area is 116 Å². The average Bonchev–Trinajstić information content (AvgIpc) is 3.26. The number of anilines is 3. The lowest BCUT2D eigenvalue weighted by molar-refractivity contribution is 0.262. The number of para-hydroxylation sites is 1. The lowest BCUT2D eigenvalue weighted by Crippen LogP contribution is -2.20. The Kier molecular flexibility index (Phi) is 3.45. The first-order valence-electron chi connectivity index (χ1n) is 6.53. The molecule has 1 aliphatic carbocycles. The standard InChI is InChI=1S/C14H15N5O/c20-14(16-10-4-2-1-3-5-10)17-13-9-8-12(18-19-13)15-11-6-7-11/h1-5,8-9,11H,6-7H2,(H,15,18)(H2,16,17,19,20). The van der Waals surface area contributed by atoms with Crippen molar-refractivity contribution < 1.29 is 4.79 Å². The lowest BCUT2D eigenvalue weighted by Gasteiger charge is -2.07. The predicted octanol–water partition coefficient (Wildman–Crippen LogP) is 2.69. The molecule has 0 radical (unpaired) electrons. The highest BCUT2D eigenvalue weighted by Gasteiger charge is 2.21. The molecule has 0 spiro atoms. The van der Waals surface area contributed by atoms with Gasteiger partial charge in [-0.25, -0.2) is 4.79 Å². The second-order valence-corrected chi connectivity index (χ2v) is 4.67. The summed E-state index contributed by atoms with van der Waals surface area (Å²) in [5, 5.41) is 16.6. The molecule has 2 aromatic rings. The number of urea groups is 1. The first kappa shape index (κ1) is 12.4. The maximum absolute atomic E-state index is 11.7. The summed E-state index contributed by atoms with van der Waals surface area (Å²) in [5.74, 6) is 1.15. The summed E-state index contributed by atoms with van der Waals surface area (Å²) in [6.07, 6.45) is 2.36. The van der Waals surface area contributed by atoms with E-state index in [1.165, 1.54) is 12.8 Å². The number of hydrogen-bond acceptors (Lipinski definition) is 4. The van der Waals surface area contributed by atoms with Crippen molar-refractivity contribution in [3.05, 3.63) is 42.5 Å². The highest BCUT2D eigenvalue weighted by molar-refractivity contribution is 5.99. The number of carbonyl (C=O) groups excluding carboxylic acids is 1. The zero-order valence-electron chi connectivity index (χ0n) is 10.8. The van der Waals surface area contributed by atoms with Crippen LogP contribution in [0.4, 0.5) is 22.1 Å². The molecule has 1 saturated carbocycles. The fraction of sp³-hybridized carbons (Fsp3) is 0.214. The largest absolute Gasteiger partial charge is 0.366 e. The number of nitrogens with zero attached hydrogens (tertiary/aromatic N) is 2. The average molecular weight is 269 g/mol. The van der Waals surface area contributed by atoms with Crippen molar-refractivity contribution in [3.63, 3.8) is 0 Å². The van der Waals surface area contributed by atoms with E-state index in [1.54, 1.807) is 6.07 Å². The molecule has 0 unspecified atom stereocenters. The normalized spacial score (nSPS) is 13.6. The van der Waals surface area contributed by atoms with Crippen LogP contribution in [0.5, 0.6) is 0 Å². The number of benzene rings is 1. The van der Waals surface area contributed by atoms with Crippen LogP contribution in [0.2, 0.25) is 0 Å². The van der Waals surface area contributed by atoms with Gasteiger partial charge in [0.05, 0.1) is 0 Å². The minimum Gasteiger partial charge on any atom is -0.366 e. The van der Waals surface area contributed by atoms with Crippen molar-refractivity contribution in [2.24, 2.45) is 0 Å². The predicted molar refractivity (Wildman–Crippen MR) is 77.8 cm³/mol. The third-order valence-corrected chi connectivity index (χ3v) is 2.87. The smallest absolute Gasteiger partial charge is 0.324 e. The molecule has 1 heterocycles.